The standard InChI is InChI=1S/C18H20F3N7O4/c1-9-12(8-29)28(17(30)32-9)13-6-11(24-16(25-13)27-2-4-31-5-3-27)10-7-23-15(22)26-14(10)18(19,20)21/h6-7,9,12,29H,2-5,8H2,1H3,(H2,22,23,26)/t9-,12+/m1/s1. The number of rotatable bonds is 4. The minimum Gasteiger partial charge on any atom is -0.444 e. The van der Waals surface area contributed by atoms with Gasteiger partial charge < -0.3 is 25.2 Å². The van der Waals surface area contributed by atoms with Gasteiger partial charge in [0.05, 0.1) is 25.5 Å². The highest BCUT2D eigenvalue weighted by Gasteiger charge is 2.42. The smallest absolute Gasteiger partial charge is 0.434 e. The molecule has 2 aromatic heterocycles. The fourth-order valence-electron chi connectivity index (χ4n) is 3.52. The number of nitrogens with two attached hydrogens (primary N) is 1. The molecule has 2 aliphatic heterocycles. The molecule has 3 N–H and O–H groups in total. The number of alkyl halides is 3. The minimum absolute atomic E-state index is 0.0187. The zero-order valence-electron chi connectivity index (χ0n) is 16.9. The van der Waals surface area contributed by atoms with E-state index < -0.39 is 48.2 Å². The molecular formula is C18H20F3N7O4. The Kier molecular flexibility index (Phi) is 5.73. The van der Waals surface area contributed by atoms with Gasteiger partial charge in [-0.05, 0) is 6.92 Å². The molecule has 0 bridgehead atoms. The number of nitrogens with zero attached hydrogens (tertiary/aromatic N) is 6. The summed E-state index contributed by atoms with van der Waals surface area (Å²) in [4.78, 5) is 31.0. The highest BCUT2D eigenvalue weighted by Crippen LogP contribution is 2.37. The van der Waals surface area contributed by atoms with E-state index in [0.29, 0.717) is 26.3 Å². The second-order valence-corrected chi connectivity index (χ2v) is 7.21. The number of halogens is 3. The average molecular weight is 455 g/mol. The molecule has 0 aromatic carbocycles. The van der Waals surface area contributed by atoms with Crippen LogP contribution in [0.15, 0.2) is 12.3 Å². The Morgan fingerprint density at radius 1 is 1.25 bits per heavy atom. The Morgan fingerprint density at radius 2 is 1.97 bits per heavy atom. The molecule has 2 aliphatic rings. The van der Waals surface area contributed by atoms with E-state index in [1.165, 1.54) is 6.07 Å². The Labute approximate surface area is 180 Å². The van der Waals surface area contributed by atoms with Gasteiger partial charge in [-0.2, -0.15) is 18.2 Å². The van der Waals surface area contributed by atoms with E-state index in [9.17, 15) is 23.1 Å². The maximum absolute atomic E-state index is 13.7. The van der Waals surface area contributed by atoms with Crippen molar-refractivity contribution in [1.82, 2.24) is 19.9 Å². The molecule has 2 fully saturated rings. The van der Waals surface area contributed by atoms with Crippen LogP contribution < -0.4 is 15.5 Å². The lowest BCUT2D eigenvalue weighted by Gasteiger charge is -2.28. The number of ether oxygens (including phenoxy) is 2. The number of aromatic nitrogens is 4. The van der Waals surface area contributed by atoms with Crippen molar-refractivity contribution >= 4 is 23.8 Å². The summed E-state index contributed by atoms with van der Waals surface area (Å²) in [6.07, 6.45) is -5.33. The van der Waals surface area contributed by atoms with Crippen LogP contribution in [0, 0.1) is 0 Å². The molecule has 1 amide bonds. The SMILES string of the molecule is C[C@H]1OC(=O)N(c2cc(-c3cnc(N)nc3C(F)(F)F)nc(N3CCOCC3)n2)[C@H]1CO. The zero-order valence-corrected chi connectivity index (χ0v) is 16.9. The molecule has 4 rings (SSSR count). The Hall–Kier alpha value is -3.26. The molecular weight excluding hydrogens is 435 g/mol. The van der Waals surface area contributed by atoms with E-state index >= 15 is 0 Å². The second kappa shape index (κ2) is 8.35. The first-order valence-corrected chi connectivity index (χ1v) is 9.71. The van der Waals surface area contributed by atoms with Crippen molar-refractivity contribution in [3.63, 3.8) is 0 Å². The Balaban J connectivity index is 1.88. The number of hydrogen-bond acceptors (Lipinski definition) is 10. The first kappa shape index (κ1) is 22.0. The summed E-state index contributed by atoms with van der Waals surface area (Å²) in [5, 5.41) is 9.74. The fourth-order valence-corrected chi connectivity index (χ4v) is 3.52. The molecule has 0 radical (unpaired) electrons. The number of aliphatic hydroxyl groups excluding tert-OH is 1. The Bertz CT molecular complexity index is 1020. The molecule has 32 heavy (non-hydrogen) atoms. The van der Waals surface area contributed by atoms with Gasteiger partial charge in [-0.3, -0.25) is 4.90 Å². The molecule has 4 heterocycles. The lowest BCUT2D eigenvalue weighted by molar-refractivity contribution is -0.140. The topological polar surface area (TPSA) is 140 Å². The summed E-state index contributed by atoms with van der Waals surface area (Å²) in [5.41, 5.74) is 3.52. The highest BCUT2D eigenvalue weighted by atomic mass is 19.4. The maximum Gasteiger partial charge on any atom is 0.434 e. The van der Waals surface area contributed by atoms with Crippen LogP contribution in [-0.2, 0) is 15.7 Å². The number of nitrogen functional groups attached to an aromatic ring is 1. The van der Waals surface area contributed by atoms with Crippen molar-refractivity contribution in [2.45, 2.75) is 25.2 Å². The Morgan fingerprint density at radius 3 is 2.62 bits per heavy atom. The van der Waals surface area contributed by atoms with Gasteiger partial charge in [0.15, 0.2) is 5.69 Å². The van der Waals surface area contributed by atoms with Crippen molar-refractivity contribution in [3.8, 4) is 11.3 Å². The van der Waals surface area contributed by atoms with Crippen LogP contribution in [0.4, 0.5) is 35.7 Å². The summed E-state index contributed by atoms with van der Waals surface area (Å²) in [6.45, 7) is 2.72. The number of carbonyl (C=O) groups excluding carboxylic acids is 1. The van der Waals surface area contributed by atoms with Crippen molar-refractivity contribution in [3.05, 3.63) is 18.0 Å². The second-order valence-electron chi connectivity index (χ2n) is 7.21. The van der Waals surface area contributed by atoms with E-state index in [0.717, 1.165) is 11.1 Å². The molecule has 2 aromatic rings. The molecule has 0 unspecified atom stereocenters. The normalized spacial score (nSPS) is 21.7. The molecule has 2 atom stereocenters. The number of anilines is 3. The summed E-state index contributed by atoms with van der Waals surface area (Å²) >= 11 is 0. The minimum atomic E-state index is -4.83. The first-order valence-electron chi connectivity index (χ1n) is 9.71. The number of carbonyl (C=O) groups is 1. The number of morpholine rings is 1. The number of aliphatic hydroxyl groups is 1. The van der Waals surface area contributed by atoms with Crippen LogP contribution in [0.1, 0.15) is 12.6 Å². The third-order valence-electron chi connectivity index (χ3n) is 5.14. The fraction of sp³-hybridized carbons (Fsp3) is 0.500. The molecule has 0 spiro atoms. The lowest BCUT2D eigenvalue weighted by atomic mass is 10.1. The summed E-state index contributed by atoms with van der Waals surface area (Å²) in [6, 6.07) is 0.434. The van der Waals surface area contributed by atoms with Gasteiger partial charge in [0.2, 0.25) is 11.9 Å². The average Bonchev–Trinajstić information content (AvgIpc) is 3.06. The largest absolute Gasteiger partial charge is 0.444 e. The summed E-state index contributed by atoms with van der Waals surface area (Å²) in [5.74, 6) is -0.467. The van der Waals surface area contributed by atoms with Crippen LogP contribution in [0.2, 0.25) is 0 Å². The third-order valence-corrected chi connectivity index (χ3v) is 5.14. The third kappa shape index (κ3) is 4.10. The van der Waals surface area contributed by atoms with E-state index in [-0.39, 0.29) is 17.5 Å². The van der Waals surface area contributed by atoms with Crippen molar-refractivity contribution < 1.29 is 32.5 Å². The van der Waals surface area contributed by atoms with Gasteiger partial charge in [0, 0.05) is 30.9 Å². The molecule has 2 saturated heterocycles. The van der Waals surface area contributed by atoms with Crippen LogP contribution >= 0.6 is 0 Å². The molecule has 0 saturated carbocycles. The van der Waals surface area contributed by atoms with Gasteiger partial charge in [-0.15, -0.1) is 0 Å². The molecule has 14 heteroatoms. The molecule has 11 nitrogen and oxygen atoms in total. The molecule has 0 aliphatic carbocycles. The van der Waals surface area contributed by atoms with Crippen LogP contribution in [0.3, 0.4) is 0 Å². The van der Waals surface area contributed by atoms with E-state index in [1.54, 1.807) is 11.8 Å². The van der Waals surface area contributed by atoms with Crippen LogP contribution in [0.25, 0.3) is 11.3 Å². The van der Waals surface area contributed by atoms with E-state index in [2.05, 4.69) is 19.9 Å². The zero-order chi connectivity index (χ0) is 23.0. The van der Waals surface area contributed by atoms with Crippen molar-refractivity contribution in [2.75, 3.05) is 48.4 Å². The molecule has 172 valence electrons. The number of cyclic esters (lactones) is 1. The first-order chi connectivity index (χ1) is 15.2. The van der Waals surface area contributed by atoms with Gasteiger partial charge >= 0.3 is 12.3 Å². The number of hydrogen-bond donors (Lipinski definition) is 2. The van der Waals surface area contributed by atoms with Gasteiger partial charge in [-0.1, -0.05) is 0 Å². The summed E-state index contributed by atoms with van der Waals surface area (Å²) in [7, 11) is 0. The van der Waals surface area contributed by atoms with E-state index in [1.807, 2.05) is 0 Å². The van der Waals surface area contributed by atoms with Crippen LogP contribution in [0.5, 0.6) is 0 Å². The monoisotopic (exact) mass is 455 g/mol. The highest BCUT2D eigenvalue weighted by molar-refractivity contribution is 5.90. The van der Waals surface area contributed by atoms with Gasteiger partial charge in [0.25, 0.3) is 0 Å². The van der Waals surface area contributed by atoms with E-state index in [4.69, 9.17) is 15.2 Å². The van der Waals surface area contributed by atoms with Crippen molar-refractivity contribution in [2.24, 2.45) is 0 Å². The summed E-state index contributed by atoms with van der Waals surface area (Å²) < 4.78 is 51.5. The predicted molar refractivity (Wildman–Crippen MR) is 105 cm³/mol. The predicted octanol–water partition coefficient (Wildman–Crippen LogP) is 1.08. The van der Waals surface area contributed by atoms with Crippen molar-refractivity contribution in [1.29, 1.82) is 0 Å². The lowest BCUT2D eigenvalue weighted by Crippen LogP contribution is -2.40. The quantitative estimate of drug-likeness (QED) is 0.688. The van der Waals surface area contributed by atoms with Gasteiger partial charge in [0.1, 0.15) is 18.0 Å². The number of amides is 1. The van der Waals surface area contributed by atoms with Crippen LogP contribution in [-0.4, -0.2) is 76.2 Å². The van der Waals surface area contributed by atoms with Gasteiger partial charge in [-0.25, -0.2) is 19.7 Å². The maximum atomic E-state index is 13.7.